The Hall–Kier alpha value is -2.94. The molecule has 0 aliphatic rings. The molecule has 26 heavy (non-hydrogen) atoms. The van der Waals surface area contributed by atoms with Crippen molar-refractivity contribution in [2.24, 2.45) is 16.8 Å². The first kappa shape index (κ1) is 19.4. The van der Waals surface area contributed by atoms with Crippen LogP contribution in [0.5, 0.6) is 0 Å². The maximum atomic E-state index is 12.1. The van der Waals surface area contributed by atoms with E-state index in [4.69, 9.17) is 22.2 Å². The Morgan fingerprint density at radius 2 is 2.04 bits per heavy atom. The normalized spacial score (nSPS) is 12.7. The van der Waals surface area contributed by atoms with Crippen molar-refractivity contribution in [2.45, 2.75) is 27.3 Å². The Morgan fingerprint density at radius 3 is 2.54 bits per heavy atom. The van der Waals surface area contributed by atoms with Crippen molar-refractivity contribution in [3.63, 3.8) is 0 Å². The summed E-state index contributed by atoms with van der Waals surface area (Å²) in [4.78, 5) is 27.0. The number of aromatic nitrogens is 2. The van der Waals surface area contributed by atoms with Crippen LogP contribution in [0.15, 0.2) is 29.4 Å². The number of carbonyl (C=O) groups excluding carboxylic acids is 1. The van der Waals surface area contributed by atoms with E-state index in [1.807, 2.05) is 6.92 Å². The summed E-state index contributed by atoms with van der Waals surface area (Å²) in [5.74, 6) is -1.18. The number of benzene rings is 1. The summed E-state index contributed by atoms with van der Waals surface area (Å²) in [6.07, 6.45) is 0. The monoisotopic (exact) mass is 379 g/mol. The molecule has 9 nitrogen and oxygen atoms in total. The van der Waals surface area contributed by atoms with Crippen LogP contribution >= 0.6 is 11.6 Å². The Labute approximate surface area is 154 Å². The summed E-state index contributed by atoms with van der Waals surface area (Å²) >= 11 is 6.08. The Kier molecular flexibility index (Phi) is 5.93. The predicted molar refractivity (Wildman–Crippen MR) is 95.8 cm³/mol. The molecule has 0 amide bonds. The van der Waals surface area contributed by atoms with E-state index in [0.29, 0.717) is 16.3 Å². The first-order valence-electron chi connectivity index (χ1n) is 7.69. The van der Waals surface area contributed by atoms with Gasteiger partial charge in [0, 0.05) is 17.7 Å². The molecule has 2 rings (SSSR count). The van der Waals surface area contributed by atoms with Crippen LogP contribution in [0.3, 0.4) is 0 Å². The van der Waals surface area contributed by atoms with Gasteiger partial charge in [-0.05, 0) is 26.0 Å². The number of amidine groups is 1. The van der Waals surface area contributed by atoms with Gasteiger partial charge in [0.2, 0.25) is 0 Å². The summed E-state index contributed by atoms with van der Waals surface area (Å²) in [7, 11) is 0. The number of hydrogen-bond acceptors (Lipinski definition) is 6. The van der Waals surface area contributed by atoms with Crippen LogP contribution in [0, 0.1) is 29.9 Å². The Morgan fingerprint density at radius 1 is 1.42 bits per heavy atom. The minimum atomic E-state index is -0.585. The zero-order valence-corrected chi connectivity index (χ0v) is 15.2. The molecule has 0 aliphatic carbocycles. The van der Waals surface area contributed by atoms with Crippen LogP contribution in [0.25, 0.3) is 0 Å². The topological polar surface area (TPSA) is 126 Å². The summed E-state index contributed by atoms with van der Waals surface area (Å²) in [6, 6.07) is 5.42. The zero-order valence-electron chi connectivity index (χ0n) is 14.5. The molecule has 10 heteroatoms. The maximum Gasteiger partial charge on any atom is 0.339 e. The van der Waals surface area contributed by atoms with E-state index in [2.05, 4.69) is 10.3 Å². The molecule has 0 bridgehead atoms. The van der Waals surface area contributed by atoms with Crippen molar-refractivity contribution < 1.29 is 14.6 Å². The van der Waals surface area contributed by atoms with E-state index >= 15 is 0 Å². The van der Waals surface area contributed by atoms with Crippen LogP contribution in [-0.4, -0.2) is 26.5 Å². The molecule has 0 spiro atoms. The standard InChI is InChI=1S/C16H18ClN5O4/c1-9(8-21-11(3)14(17)10(2)19-21)16(23)26-20-15(18)12-4-6-13(7-5-12)22(24)25/h4-7,9H,8H2,1-3H3,(H2,18,20). The van der Waals surface area contributed by atoms with E-state index in [9.17, 15) is 14.9 Å². The molecule has 138 valence electrons. The average Bonchev–Trinajstić information content (AvgIpc) is 2.86. The van der Waals surface area contributed by atoms with Crippen LogP contribution in [0.2, 0.25) is 5.02 Å². The number of rotatable bonds is 6. The molecular weight excluding hydrogens is 362 g/mol. The number of aryl methyl sites for hydroxylation is 1. The fraction of sp³-hybridized carbons (Fsp3) is 0.312. The van der Waals surface area contributed by atoms with Gasteiger partial charge in [0.05, 0.1) is 33.8 Å². The van der Waals surface area contributed by atoms with Gasteiger partial charge in [-0.1, -0.05) is 23.7 Å². The van der Waals surface area contributed by atoms with Crippen molar-refractivity contribution in [2.75, 3.05) is 0 Å². The third kappa shape index (κ3) is 4.37. The highest BCUT2D eigenvalue weighted by Gasteiger charge is 2.19. The Balaban J connectivity index is 2.00. The summed E-state index contributed by atoms with van der Waals surface area (Å²) < 4.78 is 1.63. The largest absolute Gasteiger partial charge is 0.380 e. The highest BCUT2D eigenvalue weighted by Crippen LogP contribution is 2.20. The zero-order chi connectivity index (χ0) is 19.4. The van der Waals surface area contributed by atoms with Gasteiger partial charge in [0.1, 0.15) is 0 Å². The summed E-state index contributed by atoms with van der Waals surface area (Å²) in [5.41, 5.74) is 7.52. The molecule has 1 unspecified atom stereocenters. The summed E-state index contributed by atoms with van der Waals surface area (Å²) in [6.45, 7) is 5.55. The van der Waals surface area contributed by atoms with E-state index in [0.717, 1.165) is 5.69 Å². The van der Waals surface area contributed by atoms with Gasteiger partial charge in [0.25, 0.3) is 5.69 Å². The lowest BCUT2D eigenvalue weighted by Gasteiger charge is -2.10. The number of carbonyl (C=O) groups is 1. The van der Waals surface area contributed by atoms with Crippen molar-refractivity contribution in [3.05, 3.63) is 56.4 Å². The van der Waals surface area contributed by atoms with Crippen LogP contribution in [0.1, 0.15) is 23.9 Å². The molecule has 1 heterocycles. The lowest BCUT2D eigenvalue weighted by Crippen LogP contribution is -2.22. The Bertz CT molecular complexity index is 860. The molecule has 0 radical (unpaired) electrons. The van der Waals surface area contributed by atoms with Crippen molar-refractivity contribution >= 4 is 29.1 Å². The van der Waals surface area contributed by atoms with Gasteiger partial charge in [-0.25, -0.2) is 4.79 Å². The first-order chi connectivity index (χ1) is 12.2. The van der Waals surface area contributed by atoms with Crippen molar-refractivity contribution in [1.29, 1.82) is 0 Å². The summed E-state index contributed by atoms with van der Waals surface area (Å²) in [5, 5.41) is 19.0. The average molecular weight is 380 g/mol. The molecular formula is C16H18ClN5O4. The molecule has 2 aromatic rings. The second-order valence-corrected chi connectivity index (χ2v) is 6.14. The van der Waals surface area contributed by atoms with E-state index < -0.39 is 16.8 Å². The van der Waals surface area contributed by atoms with Gasteiger partial charge in [-0.15, -0.1) is 0 Å². The number of halogens is 1. The third-order valence-corrected chi connectivity index (χ3v) is 4.30. The first-order valence-corrected chi connectivity index (χ1v) is 8.07. The fourth-order valence-electron chi connectivity index (χ4n) is 2.18. The van der Waals surface area contributed by atoms with Crippen LogP contribution < -0.4 is 5.73 Å². The second-order valence-electron chi connectivity index (χ2n) is 5.76. The predicted octanol–water partition coefficient (Wildman–Crippen LogP) is 2.56. The lowest BCUT2D eigenvalue weighted by molar-refractivity contribution is -0.384. The number of hydrogen-bond donors (Lipinski definition) is 1. The van der Waals surface area contributed by atoms with Gasteiger partial charge < -0.3 is 10.6 Å². The minimum absolute atomic E-state index is 0.0605. The van der Waals surface area contributed by atoms with Crippen molar-refractivity contribution in [3.8, 4) is 0 Å². The smallest absolute Gasteiger partial charge is 0.339 e. The highest BCUT2D eigenvalue weighted by atomic mass is 35.5. The van der Waals surface area contributed by atoms with Gasteiger partial charge in [-0.3, -0.25) is 14.8 Å². The van der Waals surface area contributed by atoms with Crippen molar-refractivity contribution in [1.82, 2.24) is 9.78 Å². The number of oxime groups is 1. The molecule has 0 aliphatic heterocycles. The SMILES string of the molecule is Cc1nn(CC(C)C(=O)O/N=C(\N)c2ccc([N+](=O)[O-])cc2)c(C)c1Cl. The molecule has 1 aromatic carbocycles. The van der Waals surface area contributed by atoms with E-state index in [-0.39, 0.29) is 18.1 Å². The lowest BCUT2D eigenvalue weighted by atomic mass is 10.2. The second kappa shape index (κ2) is 7.96. The number of nitro groups is 1. The quantitative estimate of drug-likeness (QED) is 0.270. The molecule has 2 N–H and O–H groups in total. The highest BCUT2D eigenvalue weighted by molar-refractivity contribution is 6.31. The molecule has 0 saturated heterocycles. The molecule has 1 atom stereocenters. The number of nitrogens with zero attached hydrogens (tertiary/aromatic N) is 4. The van der Waals surface area contributed by atoms with Gasteiger partial charge in [0.15, 0.2) is 5.84 Å². The van der Waals surface area contributed by atoms with E-state index in [1.54, 1.807) is 18.5 Å². The van der Waals surface area contributed by atoms with Gasteiger partial charge in [-0.2, -0.15) is 5.10 Å². The number of nitro benzene ring substituents is 1. The fourth-order valence-corrected chi connectivity index (χ4v) is 2.31. The molecule has 0 saturated carbocycles. The van der Waals surface area contributed by atoms with Gasteiger partial charge >= 0.3 is 5.97 Å². The van der Waals surface area contributed by atoms with Crippen LogP contribution in [0.4, 0.5) is 5.69 Å². The van der Waals surface area contributed by atoms with E-state index in [1.165, 1.54) is 24.3 Å². The number of nitrogens with two attached hydrogens (primary N) is 1. The number of non-ortho nitro benzene ring substituents is 1. The maximum absolute atomic E-state index is 12.1. The minimum Gasteiger partial charge on any atom is -0.380 e. The third-order valence-electron chi connectivity index (χ3n) is 3.75. The molecule has 1 aromatic heterocycles. The molecule has 0 fully saturated rings. The van der Waals surface area contributed by atoms with Crippen LogP contribution in [-0.2, 0) is 16.2 Å².